The van der Waals surface area contributed by atoms with Crippen LogP contribution >= 0.6 is 0 Å². The van der Waals surface area contributed by atoms with Crippen molar-refractivity contribution in [2.24, 2.45) is 0 Å². The number of esters is 2. The van der Waals surface area contributed by atoms with Crippen LogP contribution in [-0.4, -0.2) is 53.7 Å². The number of carbonyl (C=O) groups excluding carboxylic acids is 2. The minimum atomic E-state index is -3.34. The fraction of sp³-hybridized carbons (Fsp3) is 0.308. The van der Waals surface area contributed by atoms with E-state index < -0.39 is 24.1 Å². The predicted molar refractivity (Wildman–Crippen MR) is 137 cm³/mol. The number of hydrogen-bond donors (Lipinski definition) is 0. The molecule has 0 saturated heterocycles. The van der Waals surface area contributed by atoms with E-state index in [0.717, 1.165) is 6.08 Å². The number of fused-ring (bicyclic) bond motifs is 2. The van der Waals surface area contributed by atoms with Crippen molar-refractivity contribution in [1.29, 1.82) is 0 Å². The quantitative estimate of drug-likeness (QED) is 0.157. The van der Waals surface area contributed by atoms with E-state index in [1.165, 1.54) is 41.6 Å². The number of hydrogen-bond acceptors (Lipinski definition) is 8. The first kappa shape index (κ1) is 29.9. The molecule has 40 heavy (non-hydrogen) atoms. The highest BCUT2D eigenvalue weighted by Gasteiger charge is 2.30. The minimum absolute atomic E-state index is 0.0483. The van der Waals surface area contributed by atoms with Crippen molar-refractivity contribution in [2.75, 3.05) is 0 Å². The molecule has 0 aromatic carbocycles. The molecule has 0 fully saturated rings. The van der Waals surface area contributed by atoms with Gasteiger partial charge >= 0.3 is 18.0 Å². The zero-order chi connectivity index (χ0) is 29.6. The third-order valence-corrected chi connectivity index (χ3v) is 5.03. The van der Waals surface area contributed by atoms with E-state index in [4.69, 9.17) is 9.47 Å². The molecular weight excluding hydrogens is 536 g/mol. The predicted octanol–water partition coefficient (Wildman–Crippen LogP) is 5.51. The van der Waals surface area contributed by atoms with Gasteiger partial charge in [-0.1, -0.05) is 6.58 Å². The fourth-order valence-corrected chi connectivity index (χ4v) is 3.29. The van der Waals surface area contributed by atoms with Gasteiger partial charge in [-0.3, -0.25) is 4.68 Å². The molecule has 0 radical (unpaired) electrons. The molecule has 0 unspecified atom stereocenters. The molecule has 0 aliphatic heterocycles. The summed E-state index contributed by atoms with van der Waals surface area (Å²) in [5.74, 6) is -1.22. The number of nitrogens with zero attached hydrogens (tertiary/aromatic N) is 6. The molecule has 4 heterocycles. The summed E-state index contributed by atoms with van der Waals surface area (Å²) in [4.78, 5) is 31.3. The molecule has 4 rings (SSSR count). The highest BCUT2D eigenvalue weighted by atomic mass is 19.3. The molecular formula is C26H26F4N6O4. The lowest BCUT2D eigenvalue weighted by Gasteiger charge is -2.13. The lowest BCUT2D eigenvalue weighted by atomic mass is 10.2. The van der Waals surface area contributed by atoms with Crippen molar-refractivity contribution in [1.82, 2.24) is 29.5 Å². The van der Waals surface area contributed by atoms with Crippen LogP contribution in [0.1, 0.15) is 48.7 Å². The van der Waals surface area contributed by atoms with Gasteiger partial charge in [0, 0.05) is 35.3 Å². The van der Waals surface area contributed by atoms with Crippen molar-refractivity contribution in [2.45, 2.75) is 52.5 Å². The zero-order valence-corrected chi connectivity index (χ0v) is 22.0. The second kappa shape index (κ2) is 12.5. The Balaban J connectivity index is 0.000000220. The van der Waals surface area contributed by atoms with E-state index in [0.29, 0.717) is 27.0 Å². The van der Waals surface area contributed by atoms with Gasteiger partial charge in [-0.25, -0.2) is 19.6 Å². The molecule has 4 aromatic rings. The minimum Gasteiger partial charge on any atom is -0.458 e. The molecule has 0 amide bonds. The van der Waals surface area contributed by atoms with Crippen molar-refractivity contribution >= 4 is 33.7 Å². The number of halogens is 4. The summed E-state index contributed by atoms with van der Waals surface area (Å²) in [6, 6.07) is -0.635. The Kier molecular flexibility index (Phi) is 9.35. The third-order valence-electron chi connectivity index (χ3n) is 5.03. The van der Waals surface area contributed by atoms with Crippen LogP contribution in [0, 0.1) is 0 Å². The second-order valence-electron chi connectivity index (χ2n) is 8.83. The van der Waals surface area contributed by atoms with Crippen molar-refractivity contribution < 1.29 is 36.6 Å². The second-order valence-corrected chi connectivity index (χ2v) is 8.83. The number of pyridine rings is 2. The van der Waals surface area contributed by atoms with Crippen LogP contribution in [0.4, 0.5) is 17.6 Å². The van der Waals surface area contributed by atoms with Gasteiger partial charge in [-0.05, 0) is 39.8 Å². The van der Waals surface area contributed by atoms with Gasteiger partial charge in [0.1, 0.15) is 0 Å². The van der Waals surface area contributed by atoms with Crippen LogP contribution in [0.15, 0.2) is 61.7 Å². The number of aromatic nitrogens is 6. The summed E-state index contributed by atoms with van der Waals surface area (Å²) in [5, 5.41) is 8.64. The fourth-order valence-electron chi connectivity index (χ4n) is 3.29. The van der Waals surface area contributed by atoms with Crippen LogP contribution < -0.4 is 0 Å². The van der Waals surface area contributed by atoms with Crippen LogP contribution in [0.5, 0.6) is 0 Å². The summed E-state index contributed by atoms with van der Waals surface area (Å²) in [5.41, 5.74) is 0.708. The molecule has 212 valence electrons. The highest BCUT2D eigenvalue weighted by Crippen LogP contribution is 2.26. The van der Waals surface area contributed by atoms with Gasteiger partial charge < -0.3 is 9.47 Å². The van der Waals surface area contributed by atoms with Gasteiger partial charge in [0.25, 0.3) is 6.08 Å². The molecule has 0 bridgehead atoms. The average Bonchev–Trinajstić information content (AvgIpc) is 3.50. The molecule has 10 nitrogen and oxygen atoms in total. The molecule has 0 spiro atoms. The Morgan fingerprint density at radius 2 is 1.40 bits per heavy atom. The molecule has 0 saturated carbocycles. The summed E-state index contributed by atoms with van der Waals surface area (Å²) >= 11 is 0. The Morgan fingerprint density at radius 1 is 0.900 bits per heavy atom. The normalized spacial score (nSPS) is 11.3. The number of ether oxygens (including phenoxy) is 2. The van der Waals surface area contributed by atoms with Crippen LogP contribution in [0.3, 0.4) is 0 Å². The van der Waals surface area contributed by atoms with E-state index in [1.54, 1.807) is 27.7 Å². The largest absolute Gasteiger partial charge is 0.458 e. The van der Waals surface area contributed by atoms with Crippen molar-refractivity contribution in [3.8, 4) is 0 Å². The Morgan fingerprint density at radius 3 is 1.90 bits per heavy atom. The number of carbonyl (C=O) groups is 2. The van der Waals surface area contributed by atoms with Gasteiger partial charge in [-0.15, -0.1) is 0 Å². The summed E-state index contributed by atoms with van der Waals surface area (Å²) < 4.78 is 63.4. The van der Waals surface area contributed by atoms with Crippen molar-refractivity contribution in [3.63, 3.8) is 0 Å². The number of rotatable bonds is 8. The number of alkyl halides is 2. The molecule has 0 aliphatic carbocycles. The van der Waals surface area contributed by atoms with E-state index in [9.17, 15) is 27.2 Å². The van der Waals surface area contributed by atoms with Gasteiger partial charge in [-0.2, -0.15) is 32.4 Å². The van der Waals surface area contributed by atoms with E-state index in [-0.39, 0.29) is 35.7 Å². The highest BCUT2D eigenvalue weighted by molar-refractivity contribution is 5.92. The van der Waals surface area contributed by atoms with E-state index in [2.05, 4.69) is 26.7 Å². The smallest absolute Gasteiger partial charge is 0.364 e. The maximum atomic E-state index is 13.6. The Bertz CT molecular complexity index is 1560. The van der Waals surface area contributed by atoms with Crippen LogP contribution in [0.2, 0.25) is 0 Å². The maximum Gasteiger partial charge on any atom is 0.364 e. The molecule has 0 atom stereocenters. The SMILES string of the molecule is C=CC(F)(F)n1ncc2cnc(C(=O)OC(C)C)cc21.CC(C)OC(=O)c1cc2c(cn1)cnn2CC=C(F)F. The third kappa shape index (κ3) is 7.27. The van der Waals surface area contributed by atoms with E-state index in [1.807, 2.05) is 0 Å². The molecule has 4 aromatic heterocycles. The summed E-state index contributed by atoms with van der Waals surface area (Å²) in [6.07, 6.45) is 4.39. The Labute approximate surface area is 225 Å². The maximum absolute atomic E-state index is 13.6. The van der Waals surface area contributed by atoms with Gasteiger partial charge in [0.15, 0.2) is 11.4 Å². The average molecular weight is 563 g/mol. The van der Waals surface area contributed by atoms with Crippen molar-refractivity contribution in [3.05, 3.63) is 73.1 Å². The topological polar surface area (TPSA) is 114 Å². The molecule has 0 aliphatic rings. The van der Waals surface area contributed by atoms with E-state index >= 15 is 0 Å². The standard InChI is InChI=1S/2C13H13F2N3O2/c1-8(2)20-13(19)10-5-11-9(6-16-10)7-17-18(11)4-3-12(14)15;1-4-13(14,15)18-11-5-10(12(19)20-8(2)3)16-6-9(11)7-17-18/h3,5-8H,4H2,1-2H3;4-8H,1H2,2-3H3. The zero-order valence-electron chi connectivity index (χ0n) is 22.0. The number of allylic oxidation sites excluding steroid dienone is 2. The first-order valence-electron chi connectivity index (χ1n) is 11.9. The summed E-state index contributed by atoms with van der Waals surface area (Å²) in [6.45, 7) is 9.84. The molecule has 0 N–H and O–H groups in total. The lowest BCUT2D eigenvalue weighted by molar-refractivity contribution is -0.0350. The lowest BCUT2D eigenvalue weighted by Crippen LogP contribution is -2.21. The first-order chi connectivity index (χ1) is 18.8. The first-order valence-corrected chi connectivity index (χ1v) is 11.9. The monoisotopic (exact) mass is 562 g/mol. The van der Waals surface area contributed by atoms with Gasteiger partial charge in [0.2, 0.25) is 0 Å². The Hall–Kier alpha value is -4.62. The van der Waals surface area contributed by atoms with Crippen LogP contribution in [-0.2, 0) is 22.1 Å². The summed E-state index contributed by atoms with van der Waals surface area (Å²) in [7, 11) is 0. The molecule has 14 heteroatoms. The van der Waals surface area contributed by atoms with Crippen LogP contribution in [0.25, 0.3) is 21.8 Å². The van der Waals surface area contributed by atoms with Gasteiger partial charge in [0.05, 0.1) is 42.2 Å².